The third-order valence-electron chi connectivity index (χ3n) is 3.34. The van der Waals surface area contributed by atoms with Gasteiger partial charge in [0, 0.05) is 24.4 Å². The van der Waals surface area contributed by atoms with Crippen molar-refractivity contribution >= 4 is 41.1 Å². The van der Waals surface area contributed by atoms with Crippen molar-refractivity contribution in [3.05, 3.63) is 70.5 Å². The fraction of sp³-hybridized carbons (Fsp3) is 0.105. The van der Waals surface area contributed by atoms with Gasteiger partial charge in [-0.15, -0.1) is 0 Å². The van der Waals surface area contributed by atoms with Gasteiger partial charge in [-0.05, 0) is 42.0 Å². The summed E-state index contributed by atoms with van der Waals surface area (Å²) in [6.45, 7) is -0.502. The van der Waals surface area contributed by atoms with Gasteiger partial charge in [0.1, 0.15) is 5.82 Å². The number of nitrogens with one attached hydrogen (secondary N) is 2. The number of hydrogen-bond acceptors (Lipinski definition) is 4. The fourth-order valence-electron chi connectivity index (χ4n) is 2.04. The Morgan fingerprint density at radius 1 is 1.19 bits per heavy atom. The molecule has 6 nitrogen and oxygen atoms in total. The third-order valence-corrected chi connectivity index (χ3v) is 3.63. The molecule has 0 unspecified atom stereocenters. The standard InChI is InChI=1S/C19H16ClFN2O4/c1-22-19(26)13-3-2-4-14(10-13)23-17(24)11-27-18(25)8-6-12-5-7-16(21)15(20)9-12/h2-10H,11H2,1H3,(H,22,26)(H,23,24)/b8-6+. The number of anilines is 1. The Labute approximate surface area is 160 Å². The molecule has 2 rings (SSSR count). The number of carbonyl (C=O) groups is 3. The molecule has 0 aliphatic rings. The molecule has 0 fully saturated rings. The maximum Gasteiger partial charge on any atom is 0.331 e. The lowest BCUT2D eigenvalue weighted by Gasteiger charge is -2.07. The smallest absolute Gasteiger partial charge is 0.331 e. The zero-order valence-electron chi connectivity index (χ0n) is 14.3. The van der Waals surface area contributed by atoms with Gasteiger partial charge in [0.15, 0.2) is 6.61 Å². The summed E-state index contributed by atoms with van der Waals surface area (Å²) in [6.07, 6.45) is 2.49. The second-order valence-corrected chi connectivity index (χ2v) is 5.73. The van der Waals surface area contributed by atoms with Gasteiger partial charge in [-0.1, -0.05) is 23.7 Å². The molecule has 0 spiro atoms. The SMILES string of the molecule is CNC(=O)c1cccc(NC(=O)COC(=O)/C=C/c2ccc(F)c(Cl)c2)c1. The van der Waals surface area contributed by atoms with Crippen LogP contribution in [0.3, 0.4) is 0 Å². The average Bonchev–Trinajstić information content (AvgIpc) is 2.66. The molecule has 2 aromatic carbocycles. The summed E-state index contributed by atoms with van der Waals surface area (Å²) in [4.78, 5) is 35.1. The van der Waals surface area contributed by atoms with Crippen molar-refractivity contribution < 1.29 is 23.5 Å². The van der Waals surface area contributed by atoms with Crippen LogP contribution in [0.2, 0.25) is 5.02 Å². The zero-order valence-corrected chi connectivity index (χ0v) is 15.0. The summed E-state index contributed by atoms with van der Waals surface area (Å²) in [6, 6.07) is 10.3. The van der Waals surface area contributed by atoms with E-state index in [4.69, 9.17) is 16.3 Å². The molecule has 2 aromatic rings. The second kappa shape index (κ2) is 9.49. The van der Waals surface area contributed by atoms with E-state index >= 15 is 0 Å². The van der Waals surface area contributed by atoms with Gasteiger partial charge < -0.3 is 15.4 Å². The molecular weight excluding hydrogens is 375 g/mol. The number of esters is 1. The van der Waals surface area contributed by atoms with E-state index in [2.05, 4.69) is 10.6 Å². The summed E-state index contributed by atoms with van der Waals surface area (Å²) in [5.41, 5.74) is 1.29. The first-order valence-electron chi connectivity index (χ1n) is 7.81. The number of amides is 2. The first kappa shape index (κ1) is 20.1. The van der Waals surface area contributed by atoms with Crippen LogP contribution in [0.5, 0.6) is 0 Å². The van der Waals surface area contributed by atoms with E-state index in [9.17, 15) is 18.8 Å². The highest BCUT2D eigenvalue weighted by atomic mass is 35.5. The highest BCUT2D eigenvalue weighted by Gasteiger charge is 2.08. The van der Waals surface area contributed by atoms with Gasteiger partial charge in [-0.2, -0.15) is 0 Å². The van der Waals surface area contributed by atoms with E-state index in [1.54, 1.807) is 18.2 Å². The summed E-state index contributed by atoms with van der Waals surface area (Å²) in [5, 5.41) is 4.94. The highest BCUT2D eigenvalue weighted by molar-refractivity contribution is 6.30. The predicted octanol–water partition coefficient (Wildman–Crippen LogP) is 3.03. The van der Waals surface area contributed by atoms with Crippen molar-refractivity contribution in [2.75, 3.05) is 19.0 Å². The lowest BCUT2D eigenvalue weighted by Crippen LogP contribution is -2.21. The maximum absolute atomic E-state index is 13.1. The molecule has 27 heavy (non-hydrogen) atoms. The fourth-order valence-corrected chi connectivity index (χ4v) is 2.23. The van der Waals surface area contributed by atoms with Crippen LogP contribution >= 0.6 is 11.6 Å². The molecular formula is C19H16ClFN2O4. The van der Waals surface area contributed by atoms with E-state index in [-0.39, 0.29) is 10.9 Å². The molecule has 2 amide bonds. The van der Waals surface area contributed by atoms with Crippen molar-refractivity contribution in [1.29, 1.82) is 0 Å². The minimum Gasteiger partial charge on any atom is -0.452 e. The van der Waals surface area contributed by atoms with E-state index in [1.807, 2.05) is 0 Å². The van der Waals surface area contributed by atoms with Crippen LogP contribution in [0, 0.1) is 5.82 Å². The number of hydrogen-bond donors (Lipinski definition) is 2. The van der Waals surface area contributed by atoms with Crippen molar-refractivity contribution in [3.8, 4) is 0 Å². The molecule has 140 valence electrons. The third kappa shape index (κ3) is 6.23. The van der Waals surface area contributed by atoms with Crippen molar-refractivity contribution in [2.24, 2.45) is 0 Å². The number of rotatable bonds is 6. The monoisotopic (exact) mass is 390 g/mol. The molecule has 0 bridgehead atoms. The molecule has 8 heteroatoms. The molecule has 0 aliphatic heterocycles. The molecule has 0 aliphatic carbocycles. The van der Waals surface area contributed by atoms with Crippen molar-refractivity contribution in [1.82, 2.24) is 5.32 Å². The quantitative estimate of drug-likeness (QED) is 0.586. The largest absolute Gasteiger partial charge is 0.452 e. The van der Waals surface area contributed by atoms with Crippen molar-refractivity contribution in [2.45, 2.75) is 0 Å². The van der Waals surface area contributed by atoms with E-state index in [0.29, 0.717) is 16.8 Å². The first-order valence-corrected chi connectivity index (χ1v) is 8.18. The molecule has 0 aromatic heterocycles. The Balaban J connectivity index is 1.86. The summed E-state index contributed by atoms with van der Waals surface area (Å²) in [7, 11) is 1.50. The minimum atomic E-state index is -0.746. The summed E-state index contributed by atoms with van der Waals surface area (Å²) >= 11 is 5.65. The van der Waals surface area contributed by atoms with Crippen molar-refractivity contribution in [3.63, 3.8) is 0 Å². The first-order chi connectivity index (χ1) is 12.9. The van der Waals surface area contributed by atoms with Crippen LogP contribution < -0.4 is 10.6 Å². The lowest BCUT2D eigenvalue weighted by molar-refractivity contribution is -0.142. The van der Waals surface area contributed by atoms with Crippen LogP contribution in [0.1, 0.15) is 15.9 Å². The number of carbonyl (C=O) groups excluding carboxylic acids is 3. The van der Waals surface area contributed by atoms with Gasteiger partial charge in [0.05, 0.1) is 5.02 Å². The van der Waals surface area contributed by atoms with Crippen LogP contribution in [-0.4, -0.2) is 31.4 Å². The zero-order chi connectivity index (χ0) is 19.8. The second-order valence-electron chi connectivity index (χ2n) is 5.32. The Kier molecular flexibility index (Phi) is 7.08. The Bertz CT molecular complexity index is 899. The topological polar surface area (TPSA) is 84.5 Å². The van der Waals surface area contributed by atoms with Gasteiger partial charge in [-0.3, -0.25) is 9.59 Å². The number of ether oxygens (including phenoxy) is 1. The van der Waals surface area contributed by atoms with Gasteiger partial charge in [-0.25, -0.2) is 9.18 Å². The normalized spacial score (nSPS) is 10.5. The van der Waals surface area contributed by atoms with Gasteiger partial charge in [0.2, 0.25) is 0 Å². The van der Waals surface area contributed by atoms with Crippen LogP contribution in [0.15, 0.2) is 48.5 Å². The number of benzene rings is 2. The van der Waals surface area contributed by atoms with E-state index < -0.39 is 24.3 Å². The Morgan fingerprint density at radius 2 is 1.96 bits per heavy atom. The Hall–Kier alpha value is -3.19. The molecule has 0 radical (unpaired) electrons. The highest BCUT2D eigenvalue weighted by Crippen LogP contribution is 2.17. The van der Waals surface area contributed by atoms with Gasteiger partial charge in [0.25, 0.3) is 11.8 Å². The van der Waals surface area contributed by atoms with E-state index in [0.717, 1.165) is 6.08 Å². The maximum atomic E-state index is 13.1. The molecule has 0 saturated heterocycles. The lowest BCUT2D eigenvalue weighted by atomic mass is 10.2. The predicted molar refractivity (Wildman–Crippen MR) is 99.9 cm³/mol. The van der Waals surface area contributed by atoms with E-state index in [1.165, 1.54) is 37.4 Å². The van der Waals surface area contributed by atoms with Gasteiger partial charge >= 0.3 is 5.97 Å². The number of halogens is 2. The van der Waals surface area contributed by atoms with Crippen LogP contribution in [0.25, 0.3) is 6.08 Å². The average molecular weight is 391 g/mol. The van der Waals surface area contributed by atoms with Crippen LogP contribution in [-0.2, 0) is 14.3 Å². The Morgan fingerprint density at radius 3 is 2.67 bits per heavy atom. The molecule has 0 atom stereocenters. The molecule has 0 saturated carbocycles. The summed E-state index contributed by atoms with van der Waals surface area (Å²) < 4.78 is 17.9. The minimum absolute atomic E-state index is 0.0659. The molecule has 0 heterocycles. The molecule has 2 N–H and O–H groups in total. The summed E-state index contributed by atoms with van der Waals surface area (Å²) in [5.74, 6) is -2.16. The van der Waals surface area contributed by atoms with Crippen LogP contribution in [0.4, 0.5) is 10.1 Å².